The van der Waals surface area contributed by atoms with Gasteiger partial charge in [0.25, 0.3) is 5.76 Å². The molecule has 1 N–H and O–H groups in total. The van der Waals surface area contributed by atoms with Gasteiger partial charge in [0.1, 0.15) is 5.76 Å². The highest BCUT2D eigenvalue weighted by Gasteiger charge is 2.18. The summed E-state index contributed by atoms with van der Waals surface area (Å²) in [5, 5.41) is 0. The minimum absolute atomic E-state index is 0.0361. The van der Waals surface area contributed by atoms with E-state index in [-0.39, 0.29) is 17.6 Å². The third kappa shape index (κ3) is 4.50. The molecule has 1 heterocycles. The second-order valence-electron chi connectivity index (χ2n) is 4.29. The summed E-state index contributed by atoms with van der Waals surface area (Å²) in [4.78, 5) is 16.9. The first kappa shape index (κ1) is 14.3. The van der Waals surface area contributed by atoms with E-state index in [2.05, 4.69) is 5.48 Å². The molecule has 0 unspecified atom stereocenters. The van der Waals surface area contributed by atoms with Crippen LogP contribution in [0.5, 0.6) is 0 Å². The largest absolute Gasteiger partial charge is 0.455 e. The van der Waals surface area contributed by atoms with Crippen LogP contribution in [0.15, 0.2) is 16.5 Å². The van der Waals surface area contributed by atoms with E-state index in [0.717, 1.165) is 25.7 Å². The molecular formula is C12H15F2NO3S. The van der Waals surface area contributed by atoms with Crippen LogP contribution in [0.1, 0.15) is 42.0 Å². The maximum absolute atomic E-state index is 12.0. The van der Waals surface area contributed by atoms with E-state index >= 15 is 0 Å². The molecule has 4 nitrogen and oxygen atoms in total. The van der Waals surface area contributed by atoms with Crippen molar-refractivity contribution in [1.29, 1.82) is 0 Å². The van der Waals surface area contributed by atoms with Crippen molar-refractivity contribution in [3.05, 3.63) is 23.7 Å². The SMILES string of the molecule is O=C(NOC1CCCC1)c1ccc(CSC(F)F)o1. The Bertz CT molecular complexity index is 419. The number of halogens is 2. The molecule has 1 aliphatic rings. The standard InChI is InChI=1S/C12H15F2NO3S/c13-12(14)19-7-9-5-6-10(17-9)11(16)15-18-8-3-1-2-4-8/h5-6,8,12H,1-4,7H2,(H,15,16). The molecular weight excluding hydrogens is 276 g/mol. The Labute approximate surface area is 113 Å². The van der Waals surface area contributed by atoms with E-state index in [0.29, 0.717) is 17.5 Å². The summed E-state index contributed by atoms with van der Waals surface area (Å²) in [6, 6.07) is 2.97. The minimum Gasteiger partial charge on any atom is -0.455 e. The highest BCUT2D eigenvalue weighted by molar-refractivity contribution is 7.98. The molecule has 0 saturated heterocycles. The van der Waals surface area contributed by atoms with Crippen molar-refractivity contribution in [2.24, 2.45) is 0 Å². The molecule has 0 radical (unpaired) electrons. The number of hydroxylamine groups is 1. The summed E-state index contributed by atoms with van der Waals surface area (Å²) in [7, 11) is 0. The highest BCUT2D eigenvalue weighted by atomic mass is 32.2. The summed E-state index contributed by atoms with van der Waals surface area (Å²) in [5.74, 6) is -2.48. The molecule has 19 heavy (non-hydrogen) atoms. The normalized spacial score (nSPS) is 16.2. The molecule has 7 heteroatoms. The molecule has 0 spiro atoms. The zero-order valence-electron chi connectivity index (χ0n) is 10.2. The Balaban J connectivity index is 1.78. The zero-order valence-corrected chi connectivity index (χ0v) is 11.1. The van der Waals surface area contributed by atoms with Crippen molar-refractivity contribution in [3.8, 4) is 0 Å². The molecule has 0 atom stereocenters. The zero-order chi connectivity index (χ0) is 13.7. The van der Waals surface area contributed by atoms with Gasteiger partial charge in [-0.3, -0.25) is 9.63 Å². The van der Waals surface area contributed by atoms with Crippen LogP contribution in [-0.2, 0) is 10.6 Å². The van der Waals surface area contributed by atoms with Gasteiger partial charge in [0, 0.05) is 0 Å². The first-order chi connectivity index (χ1) is 9.15. The van der Waals surface area contributed by atoms with Gasteiger partial charge in [0.05, 0.1) is 11.9 Å². The van der Waals surface area contributed by atoms with Gasteiger partial charge in [0.15, 0.2) is 5.76 Å². The van der Waals surface area contributed by atoms with E-state index in [1.807, 2.05) is 0 Å². The van der Waals surface area contributed by atoms with E-state index < -0.39 is 11.7 Å². The van der Waals surface area contributed by atoms with Gasteiger partial charge in [-0.25, -0.2) is 5.48 Å². The summed E-state index contributed by atoms with van der Waals surface area (Å²) in [6.45, 7) is 0. The summed E-state index contributed by atoms with van der Waals surface area (Å²) in [6.07, 6.45) is 4.16. The van der Waals surface area contributed by atoms with Crippen molar-refractivity contribution in [2.75, 3.05) is 0 Å². The topological polar surface area (TPSA) is 51.5 Å². The predicted molar refractivity (Wildman–Crippen MR) is 66.8 cm³/mol. The van der Waals surface area contributed by atoms with Gasteiger partial charge >= 0.3 is 5.91 Å². The maximum atomic E-state index is 12.0. The highest BCUT2D eigenvalue weighted by Crippen LogP contribution is 2.22. The molecule has 106 valence electrons. The van der Waals surface area contributed by atoms with Crippen molar-refractivity contribution in [3.63, 3.8) is 0 Å². The number of carbonyl (C=O) groups is 1. The van der Waals surface area contributed by atoms with Crippen molar-refractivity contribution >= 4 is 17.7 Å². The maximum Gasteiger partial charge on any atom is 0.310 e. The van der Waals surface area contributed by atoms with Crippen LogP contribution in [0.25, 0.3) is 0 Å². The molecule has 0 aliphatic heterocycles. The fourth-order valence-corrected chi connectivity index (χ4v) is 2.36. The van der Waals surface area contributed by atoms with Crippen LogP contribution in [0.4, 0.5) is 8.78 Å². The van der Waals surface area contributed by atoms with Crippen molar-refractivity contribution in [1.82, 2.24) is 5.48 Å². The summed E-state index contributed by atoms with van der Waals surface area (Å²) < 4.78 is 29.2. The lowest BCUT2D eigenvalue weighted by molar-refractivity contribution is -0.0139. The summed E-state index contributed by atoms with van der Waals surface area (Å²) in [5.41, 5.74) is 2.33. The number of carbonyl (C=O) groups excluding carboxylic acids is 1. The van der Waals surface area contributed by atoms with Crippen LogP contribution < -0.4 is 5.48 Å². The number of hydrogen-bond donors (Lipinski definition) is 1. The first-order valence-corrected chi connectivity index (χ1v) is 7.14. The average molecular weight is 291 g/mol. The third-order valence-corrected chi connectivity index (χ3v) is 3.56. The Kier molecular flexibility index (Phi) is 5.21. The number of nitrogens with one attached hydrogen (secondary N) is 1. The lowest BCUT2D eigenvalue weighted by Crippen LogP contribution is -2.27. The molecule has 1 aromatic rings. The molecule has 1 saturated carbocycles. The lowest BCUT2D eigenvalue weighted by Gasteiger charge is -2.09. The van der Waals surface area contributed by atoms with Gasteiger partial charge in [-0.1, -0.05) is 24.6 Å². The van der Waals surface area contributed by atoms with Crippen LogP contribution in [-0.4, -0.2) is 17.8 Å². The molecule has 1 fully saturated rings. The predicted octanol–water partition coefficient (Wildman–Crippen LogP) is 3.34. The van der Waals surface area contributed by atoms with E-state index in [4.69, 9.17) is 9.25 Å². The number of hydrogen-bond acceptors (Lipinski definition) is 4. The van der Waals surface area contributed by atoms with E-state index in [1.54, 1.807) is 0 Å². The number of amides is 1. The molecule has 1 amide bonds. The van der Waals surface area contributed by atoms with E-state index in [1.165, 1.54) is 12.1 Å². The van der Waals surface area contributed by atoms with Crippen molar-refractivity contribution < 1.29 is 22.8 Å². The second-order valence-corrected chi connectivity index (χ2v) is 5.27. The number of thioether (sulfide) groups is 1. The Hall–Kier alpha value is -1.08. The second kappa shape index (κ2) is 6.91. The van der Waals surface area contributed by atoms with Crippen LogP contribution in [0.2, 0.25) is 0 Å². The number of alkyl halides is 2. The van der Waals surface area contributed by atoms with Gasteiger partial charge in [0.2, 0.25) is 0 Å². The molecule has 0 aromatic carbocycles. The molecule has 1 aromatic heterocycles. The van der Waals surface area contributed by atoms with Gasteiger partial charge in [-0.2, -0.15) is 8.78 Å². The average Bonchev–Trinajstić information content (AvgIpc) is 3.04. The molecule has 1 aliphatic carbocycles. The fraction of sp³-hybridized carbons (Fsp3) is 0.583. The number of furan rings is 1. The minimum atomic E-state index is -2.45. The molecule has 2 rings (SSSR count). The van der Waals surface area contributed by atoms with E-state index in [9.17, 15) is 13.6 Å². The Morgan fingerprint density at radius 3 is 2.89 bits per heavy atom. The monoisotopic (exact) mass is 291 g/mol. The third-order valence-electron chi connectivity index (χ3n) is 2.86. The Morgan fingerprint density at radius 1 is 1.47 bits per heavy atom. The van der Waals surface area contributed by atoms with Gasteiger partial charge < -0.3 is 4.42 Å². The molecule has 0 bridgehead atoms. The fourth-order valence-electron chi connectivity index (χ4n) is 1.92. The Morgan fingerprint density at radius 2 is 2.21 bits per heavy atom. The van der Waals surface area contributed by atoms with Crippen LogP contribution >= 0.6 is 11.8 Å². The van der Waals surface area contributed by atoms with Gasteiger partial charge in [-0.15, -0.1) is 0 Å². The quantitative estimate of drug-likeness (QED) is 0.817. The van der Waals surface area contributed by atoms with Gasteiger partial charge in [-0.05, 0) is 25.0 Å². The van der Waals surface area contributed by atoms with Crippen LogP contribution in [0.3, 0.4) is 0 Å². The van der Waals surface area contributed by atoms with Crippen LogP contribution in [0, 0.1) is 0 Å². The lowest BCUT2D eigenvalue weighted by atomic mass is 10.3. The smallest absolute Gasteiger partial charge is 0.310 e. The summed E-state index contributed by atoms with van der Waals surface area (Å²) >= 11 is 0.453. The number of rotatable bonds is 6. The first-order valence-electron chi connectivity index (χ1n) is 6.09. The van der Waals surface area contributed by atoms with Crippen molar-refractivity contribution in [2.45, 2.75) is 43.3 Å².